The standard InChI is InChI=1S/C14H12N4O/c1-19-12-7-6-9(8-16-12)14-17-11-5-3-2-4-10(11)13(15)18-14/h2-8H,1H3,(H2,15,17,18). The average molecular weight is 252 g/mol. The van der Waals surface area contributed by atoms with Gasteiger partial charge in [0.15, 0.2) is 5.82 Å². The van der Waals surface area contributed by atoms with Crippen LogP contribution in [0.15, 0.2) is 42.6 Å². The van der Waals surface area contributed by atoms with Gasteiger partial charge in [0.2, 0.25) is 5.88 Å². The van der Waals surface area contributed by atoms with Crippen LogP contribution in [-0.4, -0.2) is 22.1 Å². The predicted octanol–water partition coefficient (Wildman–Crippen LogP) is 2.28. The molecule has 0 spiro atoms. The Labute approximate surface area is 110 Å². The van der Waals surface area contributed by atoms with Crippen LogP contribution < -0.4 is 10.5 Å². The molecule has 0 fully saturated rings. The van der Waals surface area contributed by atoms with Gasteiger partial charge in [-0.05, 0) is 18.2 Å². The van der Waals surface area contributed by atoms with Crippen molar-refractivity contribution in [2.45, 2.75) is 0 Å². The minimum Gasteiger partial charge on any atom is -0.481 e. The molecule has 2 aromatic heterocycles. The molecule has 19 heavy (non-hydrogen) atoms. The highest BCUT2D eigenvalue weighted by Crippen LogP contribution is 2.23. The lowest BCUT2D eigenvalue weighted by atomic mass is 10.2. The average Bonchev–Trinajstić information content (AvgIpc) is 2.47. The lowest BCUT2D eigenvalue weighted by molar-refractivity contribution is 0.398. The van der Waals surface area contributed by atoms with Crippen LogP contribution in [0.4, 0.5) is 5.82 Å². The molecule has 5 heteroatoms. The summed E-state index contributed by atoms with van der Waals surface area (Å²) in [5.74, 6) is 1.58. The summed E-state index contributed by atoms with van der Waals surface area (Å²) < 4.78 is 5.02. The van der Waals surface area contributed by atoms with Crippen LogP contribution in [0.25, 0.3) is 22.3 Å². The number of nitrogens with zero attached hydrogens (tertiary/aromatic N) is 3. The molecule has 0 amide bonds. The van der Waals surface area contributed by atoms with Crippen molar-refractivity contribution in [3.63, 3.8) is 0 Å². The van der Waals surface area contributed by atoms with Gasteiger partial charge in [0.05, 0.1) is 12.6 Å². The molecule has 1 aromatic carbocycles. The van der Waals surface area contributed by atoms with Crippen molar-refractivity contribution in [3.05, 3.63) is 42.6 Å². The fourth-order valence-corrected chi connectivity index (χ4v) is 1.86. The number of nitrogen functional groups attached to an aromatic ring is 1. The van der Waals surface area contributed by atoms with Crippen molar-refractivity contribution in [1.29, 1.82) is 0 Å². The molecular formula is C14H12N4O. The summed E-state index contributed by atoms with van der Waals surface area (Å²) in [5.41, 5.74) is 7.58. The summed E-state index contributed by atoms with van der Waals surface area (Å²) in [6.45, 7) is 0. The van der Waals surface area contributed by atoms with Crippen molar-refractivity contribution in [1.82, 2.24) is 15.0 Å². The number of pyridine rings is 1. The van der Waals surface area contributed by atoms with Crippen molar-refractivity contribution >= 4 is 16.7 Å². The Balaban J connectivity index is 2.14. The first-order valence-electron chi connectivity index (χ1n) is 5.80. The smallest absolute Gasteiger partial charge is 0.212 e. The summed E-state index contributed by atoms with van der Waals surface area (Å²) in [6.07, 6.45) is 1.67. The summed E-state index contributed by atoms with van der Waals surface area (Å²) >= 11 is 0. The van der Waals surface area contributed by atoms with Gasteiger partial charge in [0.1, 0.15) is 5.82 Å². The first kappa shape index (κ1) is 11.4. The Morgan fingerprint density at radius 2 is 1.89 bits per heavy atom. The predicted molar refractivity (Wildman–Crippen MR) is 73.7 cm³/mol. The van der Waals surface area contributed by atoms with E-state index >= 15 is 0 Å². The lowest BCUT2D eigenvalue weighted by Gasteiger charge is -2.05. The molecule has 0 saturated heterocycles. The third-order valence-electron chi connectivity index (χ3n) is 2.84. The second-order valence-corrected chi connectivity index (χ2v) is 4.04. The fourth-order valence-electron chi connectivity index (χ4n) is 1.86. The van der Waals surface area contributed by atoms with Crippen LogP contribution in [0.1, 0.15) is 0 Å². The largest absolute Gasteiger partial charge is 0.481 e. The van der Waals surface area contributed by atoms with E-state index < -0.39 is 0 Å². The van der Waals surface area contributed by atoms with E-state index in [9.17, 15) is 0 Å². The zero-order chi connectivity index (χ0) is 13.2. The van der Waals surface area contributed by atoms with Crippen molar-refractivity contribution in [3.8, 4) is 17.3 Å². The van der Waals surface area contributed by atoms with E-state index in [0.29, 0.717) is 17.5 Å². The zero-order valence-corrected chi connectivity index (χ0v) is 10.4. The molecule has 3 aromatic rings. The molecule has 0 saturated carbocycles. The molecule has 2 N–H and O–H groups in total. The first-order valence-corrected chi connectivity index (χ1v) is 5.80. The van der Waals surface area contributed by atoms with Gasteiger partial charge >= 0.3 is 0 Å². The fraction of sp³-hybridized carbons (Fsp3) is 0.0714. The van der Waals surface area contributed by atoms with E-state index in [4.69, 9.17) is 10.5 Å². The van der Waals surface area contributed by atoms with Crippen LogP contribution in [0.3, 0.4) is 0 Å². The Kier molecular flexibility index (Phi) is 2.72. The number of ether oxygens (including phenoxy) is 1. The highest BCUT2D eigenvalue weighted by atomic mass is 16.5. The van der Waals surface area contributed by atoms with Crippen molar-refractivity contribution in [2.24, 2.45) is 0 Å². The third-order valence-corrected chi connectivity index (χ3v) is 2.84. The van der Waals surface area contributed by atoms with Gasteiger partial charge in [-0.15, -0.1) is 0 Å². The molecule has 0 radical (unpaired) electrons. The second kappa shape index (κ2) is 4.53. The maximum Gasteiger partial charge on any atom is 0.212 e. The highest BCUT2D eigenvalue weighted by molar-refractivity contribution is 5.89. The van der Waals surface area contributed by atoms with Crippen LogP contribution >= 0.6 is 0 Å². The minimum absolute atomic E-state index is 0.469. The Bertz CT molecular complexity index is 725. The number of methoxy groups -OCH3 is 1. The number of fused-ring (bicyclic) bond motifs is 1. The maximum atomic E-state index is 5.95. The van der Waals surface area contributed by atoms with E-state index in [2.05, 4.69) is 15.0 Å². The summed E-state index contributed by atoms with van der Waals surface area (Å²) in [6, 6.07) is 11.3. The van der Waals surface area contributed by atoms with Crippen molar-refractivity contribution < 1.29 is 4.74 Å². The molecule has 0 bridgehead atoms. The number of rotatable bonds is 2. The second-order valence-electron chi connectivity index (χ2n) is 4.04. The van der Waals surface area contributed by atoms with E-state index in [-0.39, 0.29) is 0 Å². The highest BCUT2D eigenvalue weighted by Gasteiger charge is 2.07. The molecule has 0 aliphatic rings. The Morgan fingerprint density at radius 1 is 1.05 bits per heavy atom. The van der Waals surface area contributed by atoms with E-state index in [1.165, 1.54) is 0 Å². The molecule has 0 atom stereocenters. The van der Waals surface area contributed by atoms with Gasteiger partial charge in [-0.1, -0.05) is 12.1 Å². The summed E-state index contributed by atoms with van der Waals surface area (Å²) in [4.78, 5) is 12.9. The quantitative estimate of drug-likeness (QED) is 0.757. The summed E-state index contributed by atoms with van der Waals surface area (Å²) in [5, 5.41) is 0.854. The number of aromatic nitrogens is 3. The third kappa shape index (κ3) is 2.06. The van der Waals surface area contributed by atoms with Gasteiger partial charge in [-0.25, -0.2) is 15.0 Å². The molecule has 3 rings (SSSR count). The number of nitrogens with two attached hydrogens (primary N) is 1. The Morgan fingerprint density at radius 3 is 2.63 bits per heavy atom. The first-order chi connectivity index (χ1) is 9.28. The number of para-hydroxylation sites is 1. The zero-order valence-electron chi connectivity index (χ0n) is 10.4. The number of anilines is 1. The topological polar surface area (TPSA) is 73.9 Å². The number of benzene rings is 1. The van der Waals surface area contributed by atoms with Crippen LogP contribution in [0.5, 0.6) is 5.88 Å². The molecule has 5 nitrogen and oxygen atoms in total. The van der Waals surface area contributed by atoms with Gasteiger partial charge in [-0.3, -0.25) is 0 Å². The van der Waals surface area contributed by atoms with E-state index in [1.807, 2.05) is 30.3 Å². The van der Waals surface area contributed by atoms with Crippen molar-refractivity contribution in [2.75, 3.05) is 12.8 Å². The van der Waals surface area contributed by atoms with Gasteiger partial charge in [-0.2, -0.15) is 0 Å². The van der Waals surface area contributed by atoms with Gasteiger partial charge in [0, 0.05) is 23.2 Å². The number of hydrogen-bond donors (Lipinski definition) is 1. The van der Waals surface area contributed by atoms with E-state index in [0.717, 1.165) is 16.5 Å². The van der Waals surface area contributed by atoms with E-state index in [1.54, 1.807) is 19.4 Å². The minimum atomic E-state index is 0.469. The van der Waals surface area contributed by atoms with Crippen LogP contribution in [0, 0.1) is 0 Å². The van der Waals surface area contributed by atoms with Crippen LogP contribution in [-0.2, 0) is 0 Å². The molecule has 0 unspecified atom stereocenters. The lowest BCUT2D eigenvalue weighted by Crippen LogP contribution is -1.98. The van der Waals surface area contributed by atoms with Gasteiger partial charge in [0.25, 0.3) is 0 Å². The molecule has 94 valence electrons. The monoisotopic (exact) mass is 252 g/mol. The van der Waals surface area contributed by atoms with Gasteiger partial charge < -0.3 is 10.5 Å². The molecule has 0 aliphatic heterocycles. The normalized spacial score (nSPS) is 10.6. The summed E-state index contributed by atoms with van der Waals surface area (Å²) in [7, 11) is 1.58. The molecule has 2 heterocycles. The SMILES string of the molecule is COc1ccc(-c2nc(N)c3ccccc3n2)cn1. The molecular weight excluding hydrogens is 240 g/mol. The number of hydrogen-bond acceptors (Lipinski definition) is 5. The van der Waals surface area contributed by atoms with Crippen LogP contribution in [0.2, 0.25) is 0 Å². The maximum absolute atomic E-state index is 5.95. The Hall–Kier alpha value is -2.69. The molecule has 0 aliphatic carbocycles.